The van der Waals surface area contributed by atoms with Crippen LogP contribution in [0.15, 0.2) is 133 Å². The van der Waals surface area contributed by atoms with Gasteiger partial charge in [0, 0.05) is 0 Å². The molecule has 1 aliphatic rings. The van der Waals surface area contributed by atoms with E-state index in [-0.39, 0.29) is 6.71 Å². The molecule has 3 aromatic carbocycles. The summed E-state index contributed by atoms with van der Waals surface area (Å²) >= 11 is 0. The average molecular weight is 508 g/mol. The van der Waals surface area contributed by atoms with E-state index in [1.165, 1.54) is 71.9 Å². The maximum absolute atomic E-state index is 3.95. The molecule has 0 radical (unpaired) electrons. The summed E-state index contributed by atoms with van der Waals surface area (Å²) in [6.07, 6.45) is 6.18. The van der Waals surface area contributed by atoms with Crippen LogP contribution in [-0.4, -0.2) is 20.5 Å². The number of hydrogen-bond donors (Lipinski definition) is 0. The Labute approximate surface area is 240 Å². The topological polar surface area (TPSA) is 0 Å². The first kappa shape index (κ1) is 26.0. The number of hydrogen-bond acceptors (Lipinski definition) is 0. The third-order valence-electron chi connectivity index (χ3n) is 8.26. The Morgan fingerprint density at radius 2 is 1.48 bits per heavy atom. The molecule has 0 N–H and O–H groups in total. The van der Waals surface area contributed by atoms with Crippen LogP contribution in [0.5, 0.6) is 0 Å². The minimum absolute atomic E-state index is 0.159. The van der Waals surface area contributed by atoms with Gasteiger partial charge in [0.2, 0.25) is 0 Å². The van der Waals surface area contributed by atoms with E-state index in [0.717, 1.165) is 0 Å². The van der Waals surface area contributed by atoms with Crippen molar-refractivity contribution >= 4 is 37.0 Å². The molecule has 1 aliphatic heterocycles. The quantitative estimate of drug-likeness (QED) is 0.163. The van der Waals surface area contributed by atoms with Gasteiger partial charge in [-0.1, -0.05) is 0 Å². The predicted molar refractivity (Wildman–Crippen MR) is 178 cm³/mol. The van der Waals surface area contributed by atoms with Crippen LogP contribution in [0.3, 0.4) is 0 Å². The van der Waals surface area contributed by atoms with Crippen LogP contribution in [0.25, 0.3) is 38.8 Å². The summed E-state index contributed by atoms with van der Waals surface area (Å²) in [4.78, 5) is 0. The van der Waals surface area contributed by atoms with Crippen molar-refractivity contribution in [2.45, 2.75) is 20.8 Å². The van der Waals surface area contributed by atoms with Crippen molar-refractivity contribution in [2.24, 2.45) is 0 Å². The molecule has 40 heavy (non-hydrogen) atoms. The summed E-state index contributed by atoms with van der Waals surface area (Å²) in [5.74, 6) is 6.38. The summed E-state index contributed by atoms with van der Waals surface area (Å²) in [7, 11) is 0. The molecule has 0 unspecified atom stereocenters. The van der Waals surface area contributed by atoms with Crippen LogP contribution in [0.2, 0.25) is 0 Å². The van der Waals surface area contributed by atoms with Crippen LogP contribution in [0.1, 0.15) is 23.6 Å². The Morgan fingerprint density at radius 3 is 2.25 bits per heavy atom. The van der Waals surface area contributed by atoms with E-state index in [2.05, 4.69) is 156 Å². The summed E-state index contributed by atoms with van der Waals surface area (Å²) in [5.41, 5.74) is 16.8. The van der Waals surface area contributed by atoms with E-state index in [4.69, 9.17) is 0 Å². The zero-order valence-corrected chi connectivity index (χ0v) is 23.5. The molecule has 188 valence electrons. The van der Waals surface area contributed by atoms with E-state index >= 15 is 0 Å². The van der Waals surface area contributed by atoms with Crippen LogP contribution in [0, 0.1) is 13.8 Å². The normalized spacial score (nSPS) is 12.5. The van der Waals surface area contributed by atoms with E-state index in [1.54, 1.807) is 0 Å². The molecule has 0 saturated carbocycles. The van der Waals surface area contributed by atoms with Crippen LogP contribution >= 0.6 is 0 Å². The van der Waals surface area contributed by atoms with E-state index in [9.17, 15) is 0 Å². The SMILES string of the molecule is C=C/C=C\C1=C(C)c2ccc(-c3cccc(-c4cbccc4)c3)cc2B1c1ccc(C)c(-c2bcccc2C)c1. The first-order chi connectivity index (χ1) is 19.5. The standard InChI is InChI=1S/C37H31B3/c1-5-6-14-35-27(4)33-18-16-30(28-11-7-12-29(21-28)31-13-9-19-38-24-31)22-36(33)40(35)32-17-15-25(2)34(23-32)37-26(3)10-8-20-39-37/h5-24H,1H2,2-4H3/b14-6-. The average Bonchev–Trinajstić information content (AvgIpc) is 3.27. The molecule has 0 atom stereocenters. The van der Waals surface area contributed by atoms with Crippen LogP contribution in [0.4, 0.5) is 0 Å². The number of benzene rings is 3. The molecule has 3 heterocycles. The third-order valence-corrected chi connectivity index (χ3v) is 8.26. The van der Waals surface area contributed by atoms with Gasteiger partial charge in [-0.05, 0) is 0 Å². The fraction of sp³-hybridized carbons (Fsp3) is 0.0811. The molecule has 3 heteroatoms. The fourth-order valence-electron chi connectivity index (χ4n) is 6.11. The molecular weight excluding hydrogens is 477 g/mol. The second-order valence-electron chi connectivity index (χ2n) is 10.7. The summed E-state index contributed by atoms with van der Waals surface area (Å²) < 4.78 is 0. The maximum atomic E-state index is 3.95. The molecule has 5 aromatic rings. The van der Waals surface area contributed by atoms with Crippen molar-refractivity contribution in [3.63, 3.8) is 0 Å². The molecular formula is C37H31B3. The van der Waals surface area contributed by atoms with Gasteiger partial charge in [-0.3, -0.25) is 0 Å². The molecule has 0 spiro atoms. The van der Waals surface area contributed by atoms with E-state index in [0.29, 0.717) is 0 Å². The van der Waals surface area contributed by atoms with Gasteiger partial charge in [0.15, 0.2) is 0 Å². The van der Waals surface area contributed by atoms with Gasteiger partial charge >= 0.3 is 241 Å². The van der Waals surface area contributed by atoms with Crippen LogP contribution in [-0.2, 0) is 0 Å². The molecule has 0 saturated heterocycles. The Bertz CT molecular complexity index is 1790. The first-order valence-corrected chi connectivity index (χ1v) is 14.0. The van der Waals surface area contributed by atoms with Crippen LogP contribution < -0.4 is 10.9 Å². The molecule has 2 aromatic heterocycles. The summed E-state index contributed by atoms with van der Waals surface area (Å²) in [5, 5.41) is 0. The van der Waals surface area contributed by atoms with Crippen molar-refractivity contribution in [1.82, 2.24) is 0 Å². The van der Waals surface area contributed by atoms with Crippen molar-refractivity contribution in [2.75, 3.05) is 0 Å². The zero-order chi connectivity index (χ0) is 27.6. The Balaban J connectivity index is 1.49. The number of rotatable bonds is 6. The second-order valence-corrected chi connectivity index (χ2v) is 10.7. The monoisotopic (exact) mass is 508 g/mol. The van der Waals surface area contributed by atoms with Gasteiger partial charge in [-0.15, -0.1) is 0 Å². The van der Waals surface area contributed by atoms with Gasteiger partial charge < -0.3 is 0 Å². The van der Waals surface area contributed by atoms with Crippen molar-refractivity contribution in [1.29, 1.82) is 0 Å². The molecule has 0 aliphatic carbocycles. The van der Waals surface area contributed by atoms with E-state index in [1.807, 2.05) is 6.08 Å². The number of aryl methyl sites for hydroxylation is 2. The van der Waals surface area contributed by atoms with Gasteiger partial charge in [-0.2, -0.15) is 0 Å². The minimum atomic E-state index is 0.159. The Morgan fingerprint density at radius 1 is 0.700 bits per heavy atom. The first-order valence-electron chi connectivity index (χ1n) is 14.0. The molecule has 0 bridgehead atoms. The number of fused-ring (bicyclic) bond motifs is 1. The van der Waals surface area contributed by atoms with Crippen molar-refractivity contribution in [3.05, 3.63) is 150 Å². The Hall–Kier alpha value is -4.23. The molecule has 0 nitrogen and oxygen atoms in total. The third kappa shape index (κ3) is 4.82. The van der Waals surface area contributed by atoms with Gasteiger partial charge in [0.05, 0.1) is 0 Å². The summed E-state index contributed by atoms with van der Waals surface area (Å²) in [6, 6.07) is 31.5. The van der Waals surface area contributed by atoms with Gasteiger partial charge in [0.1, 0.15) is 0 Å². The van der Waals surface area contributed by atoms with E-state index < -0.39 is 0 Å². The Kier molecular flexibility index (Phi) is 7.22. The van der Waals surface area contributed by atoms with Gasteiger partial charge in [0.25, 0.3) is 0 Å². The van der Waals surface area contributed by atoms with Crippen molar-refractivity contribution in [3.8, 4) is 33.3 Å². The number of allylic oxidation sites excluding steroid dienone is 5. The summed E-state index contributed by atoms with van der Waals surface area (Å²) in [6.45, 7) is 15.1. The fourth-order valence-corrected chi connectivity index (χ4v) is 6.11. The predicted octanol–water partition coefficient (Wildman–Crippen LogP) is 7.66. The van der Waals surface area contributed by atoms with Crippen molar-refractivity contribution < 1.29 is 0 Å². The zero-order valence-electron chi connectivity index (χ0n) is 23.5. The molecule has 6 rings (SSSR count). The van der Waals surface area contributed by atoms with Gasteiger partial charge in [-0.25, -0.2) is 0 Å². The molecule has 0 amide bonds. The molecule has 0 fully saturated rings. The second kappa shape index (κ2) is 11.1.